The van der Waals surface area contributed by atoms with Crippen LogP contribution in [-0.4, -0.2) is 32.7 Å². The Morgan fingerprint density at radius 1 is 1.12 bits per heavy atom. The minimum Gasteiger partial charge on any atom is -0.494 e. The van der Waals surface area contributed by atoms with Crippen LogP contribution in [-0.2, 0) is 4.79 Å². The van der Waals surface area contributed by atoms with Gasteiger partial charge in [0.05, 0.1) is 12.3 Å². The molecule has 1 N–H and O–H groups in total. The molecule has 2 aromatic carbocycles. The lowest BCUT2D eigenvalue weighted by atomic mass is 10.2. The molecule has 1 heterocycles. The van der Waals surface area contributed by atoms with Gasteiger partial charge in [-0.25, -0.2) is 4.68 Å². The molecule has 0 spiro atoms. The van der Waals surface area contributed by atoms with Gasteiger partial charge >= 0.3 is 0 Å². The maximum absolute atomic E-state index is 12.0. The first-order valence-electron chi connectivity index (χ1n) is 7.72. The lowest BCUT2D eigenvalue weighted by Crippen LogP contribution is -2.12. The summed E-state index contributed by atoms with van der Waals surface area (Å²) in [5, 5.41) is 13.8. The van der Waals surface area contributed by atoms with Crippen LogP contribution in [0.15, 0.2) is 59.3 Å². The number of halogens is 1. The molecule has 8 heteroatoms. The van der Waals surface area contributed by atoms with Gasteiger partial charge in [-0.15, -0.1) is 5.10 Å². The number of carbonyl (C=O) groups is 1. The Morgan fingerprint density at radius 3 is 2.56 bits per heavy atom. The Balaban J connectivity index is 1.41. The minimum atomic E-state index is -0.0467. The van der Waals surface area contributed by atoms with E-state index in [-0.39, 0.29) is 5.91 Å². The predicted molar refractivity (Wildman–Crippen MR) is 96.7 cm³/mol. The number of nitrogens with zero attached hydrogens (tertiary/aromatic N) is 4. The third-order valence-corrected chi connectivity index (χ3v) is 3.92. The largest absolute Gasteiger partial charge is 0.494 e. The summed E-state index contributed by atoms with van der Waals surface area (Å²) in [7, 11) is 0. The van der Waals surface area contributed by atoms with Crippen LogP contribution in [0.25, 0.3) is 5.69 Å². The molecule has 0 saturated heterocycles. The van der Waals surface area contributed by atoms with E-state index in [1.807, 2.05) is 48.5 Å². The van der Waals surface area contributed by atoms with Gasteiger partial charge in [0.1, 0.15) is 12.1 Å². The molecule has 3 rings (SSSR count). The highest BCUT2D eigenvalue weighted by Crippen LogP contribution is 2.16. The topological polar surface area (TPSA) is 81.9 Å². The van der Waals surface area contributed by atoms with Crippen LogP contribution in [0.2, 0.25) is 0 Å². The first-order chi connectivity index (χ1) is 12.2. The number of aromatic nitrogens is 4. The monoisotopic (exact) mass is 401 g/mol. The number of ether oxygens (including phenoxy) is 1. The van der Waals surface area contributed by atoms with Crippen molar-refractivity contribution < 1.29 is 9.53 Å². The van der Waals surface area contributed by atoms with E-state index in [4.69, 9.17) is 4.74 Å². The lowest BCUT2D eigenvalue weighted by molar-refractivity contribution is -0.116. The van der Waals surface area contributed by atoms with E-state index in [1.54, 1.807) is 4.68 Å². The summed E-state index contributed by atoms with van der Waals surface area (Å²) >= 11 is 3.37. The average Bonchev–Trinajstić information content (AvgIpc) is 3.15. The van der Waals surface area contributed by atoms with Gasteiger partial charge in [0, 0.05) is 16.6 Å². The minimum absolute atomic E-state index is 0.0467. The normalized spacial score (nSPS) is 10.4. The summed E-state index contributed by atoms with van der Waals surface area (Å²) in [6.07, 6.45) is 2.55. The molecule has 0 aliphatic rings. The lowest BCUT2D eigenvalue weighted by Gasteiger charge is -2.08. The Labute approximate surface area is 153 Å². The fourth-order valence-corrected chi connectivity index (χ4v) is 2.42. The summed E-state index contributed by atoms with van der Waals surface area (Å²) < 4.78 is 8.15. The molecular weight excluding hydrogens is 386 g/mol. The third-order valence-electron chi connectivity index (χ3n) is 3.40. The van der Waals surface area contributed by atoms with Crippen LogP contribution in [0, 0.1) is 0 Å². The Hall–Kier alpha value is -2.74. The van der Waals surface area contributed by atoms with Crippen molar-refractivity contribution in [3.05, 3.63) is 59.3 Å². The Kier molecular flexibility index (Phi) is 5.73. The second-order valence-corrected chi connectivity index (χ2v) is 6.17. The molecule has 0 unspecified atom stereocenters. The van der Waals surface area contributed by atoms with Gasteiger partial charge in [-0.1, -0.05) is 15.9 Å². The van der Waals surface area contributed by atoms with Crippen molar-refractivity contribution in [2.75, 3.05) is 11.9 Å². The van der Waals surface area contributed by atoms with E-state index in [1.165, 1.54) is 6.33 Å². The van der Waals surface area contributed by atoms with Crippen molar-refractivity contribution in [1.82, 2.24) is 20.2 Å². The molecule has 25 heavy (non-hydrogen) atoms. The molecule has 0 radical (unpaired) electrons. The zero-order chi connectivity index (χ0) is 17.5. The molecule has 0 saturated carbocycles. The quantitative estimate of drug-likeness (QED) is 0.614. The van der Waals surface area contributed by atoms with Crippen LogP contribution in [0.4, 0.5) is 5.69 Å². The van der Waals surface area contributed by atoms with E-state index in [2.05, 4.69) is 36.8 Å². The highest BCUT2D eigenvalue weighted by atomic mass is 79.9. The van der Waals surface area contributed by atoms with Crippen LogP contribution >= 0.6 is 15.9 Å². The van der Waals surface area contributed by atoms with Gasteiger partial charge in [0.25, 0.3) is 0 Å². The van der Waals surface area contributed by atoms with Crippen molar-refractivity contribution in [3.8, 4) is 11.4 Å². The molecule has 1 amide bonds. The zero-order valence-electron chi connectivity index (χ0n) is 13.3. The van der Waals surface area contributed by atoms with Crippen LogP contribution in [0.1, 0.15) is 12.8 Å². The average molecular weight is 402 g/mol. The van der Waals surface area contributed by atoms with Crippen molar-refractivity contribution in [2.45, 2.75) is 12.8 Å². The summed E-state index contributed by atoms with van der Waals surface area (Å²) in [5.41, 5.74) is 1.56. The summed E-state index contributed by atoms with van der Waals surface area (Å²) in [4.78, 5) is 12.0. The van der Waals surface area contributed by atoms with Gasteiger partial charge in [-0.3, -0.25) is 4.79 Å². The van der Waals surface area contributed by atoms with Crippen molar-refractivity contribution in [3.63, 3.8) is 0 Å². The van der Waals surface area contributed by atoms with Gasteiger partial charge in [-0.2, -0.15) is 0 Å². The van der Waals surface area contributed by atoms with Crippen LogP contribution in [0.5, 0.6) is 5.75 Å². The molecule has 0 atom stereocenters. The van der Waals surface area contributed by atoms with E-state index in [0.717, 1.165) is 21.6 Å². The molecule has 0 bridgehead atoms. The Bertz CT molecular complexity index is 804. The second kappa shape index (κ2) is 8.39. The predicted octanol–water partition coefficient (Wildman–Crippen LogP) is 3.22. The van der Waals surface area contributed by atoms with Gasteiger partial charge in [-0.05, 0) is 65.4 Å². The number of hydrogen-bond donors (Lipinski definition) is 1. The maximum atomic E-state index is 12.0. The smallest absolute Gasteiger partial charge is 0.224 e. The van der Waals surface area contributed by atoms with Crippen molar-refractivity contribution >= 4 is 27.5 Å². The standard InChI is InChI=1S/C17H16BrN5O2/c18-13-3-9-16(10-4-13)25-11-1-2-17(24)20-14-5-7-15(8-6-14)23-12-19-21-22-23/h3-10,12H,1-2,11H2,(H,20,24). The molecule has 0 aliphatic carbocycles. The van der Waals surface area contributed by atoms with E-state index >= 15 is 0 Å². The highest BCUT2D eigenvalue weighted by molar-refractivity contribution is 9.10. The highest BCUT2D eigenvalue weighted by Gasteiger charge is 2.04. The molecule has 3 aromatic rings. The number of anilines is 1. The number of nitrogens with one attached hydrogen (secondary N) is 1. The first kappa shape index (κ1) is 17.1. The molecule has 0 fully saturated rings. The van der Waals surface area contributed by atoms with Crippen molar-refractivity contribution in [2.24, 2.45) is 0 Å². The number of tetrazole rings is 1. The summed E-state index contributed by atoms with van der Waals surface area (Å²) in [6, 6.07) is 14.9. The number of amides is 1. The molecule has 7 nitrogen and oxygen atoms in total. The van der Waals surface area contributed by atoms with Crippen LogP contribution < -0.4 is 10.1 Å². The molecule has 0 aliphatic heterocycles. The number of hydrogen-bond acceptors (Lipinski definition) is 5. The van der Waals surface area contributed by atoms with E-state index in [0.29, 0.717) is 19.4 Å². The maximum Gasteiger partial charge on any atom is 0.224 e. The molecular formula is C17H16BrN5O2. The van der Waals surface area contributed by atoms with E-state index in [9.17, 15) is 4.79 Å². The molecule has 128 valence electrons. The SMILES string of the molecule is O=C(CCCOc1ccc(Br)cc1)Nc1ccc(-n2cnnn2)cc1. The molecule has 1 aromatic heterocycles. The second-order valence-electron chi connectivity index (χ2n) is 5.26. The fraction of sp³-hybridized carbons (Fsp3) is 0.176. The van der Waals surface area contributed by atoms with Gasteiger partial charge in [0.15, 0.2) is 0 Å². The van der Waals surface area contributed by atoms with E-state index < -0.39 is 0 Å². The summed E-state index contributed by atoms with van der Waals surface area (Å²) in [5.74, 6) is 0.747. The zero-order valence-corrected chi connectivity index (χ0v) is 14.9. The number of carbonyl (C=O) groups excluding carboxylic acids is 1. The van der Waals surface area contributed by atoms with Gasteiger partial charge in [0.2, 0.25) is 5.91 Å². The Morgan fingerprint density at radius 2 is 1.88 bits per heavy atom. The summed E-state index contributed by atoms with van der Waals surface area (Å²) in [6.45, 7) is 0.493. The fourth-order valence-electron chi connectivity index (χ4n) is 2.15. The third kappa shape index (κ3) is 5.12. The number of benzene rings is 2. The van der Waals surface area contributed by atoms with Gasteiger partial charge < -0.3 is 10.1 Å². The van der Waals surface area contributed by atoms with Crippen molar-refractivity contribution in [1.29, 1.82) is 0 Å². The number of rotatable bonds is 7. The first-order valence-corrected chi connectivity index (χ1v) is 8.52. The van der Waals surface area contributed by atoms with Crippen LogP contribution in [0.3, 0.4) is 0 Å².